The highest BCUT2D eigenvalue weighted by Gasteiger charge is 2.26. The van der Waals surface area contributed by atoms with Crippen LogP contribution in [-0.2, 0) is 17.2 Å². The summed E-state index contributed by atoms with van der Waals surface area (Å²) in [5.74, 6) is 0.590. The van der Waals surface area contributed by atoms with Gasteiger partial charge in [-0.05, 0) is 124 Å². The molecule has 2 aromatic rings. The highest BCUT2D eigenvalue weighted by Crippen LogP contribution is 2.39. The summed E-state index contributed by atoms with van der Waals surface area (Å²) in [7, 11) is 0.831. The van der Waals surface area contributed by atoms with E-state index in [1.54, 1.807) is 6.07 Å². The lowest BCUT2D eigenvalue weighted by atomic mass is 9.89. The second-order valence-corrected chi connectivity index (χ2v) is 11.9. The number of phenols is 1. The number of hydrogen-bond acceptors (Lipinski definition) is 3. The number of hydrogen-bond donors (Lipinski definition) is 1. The van der Waals surface area contributed by atoms with E-state index in [0.29, 0.717) is 12.2 Å². The minimum atomic E-state index is -4.17. The molecule has 1 unspecified atom stereocenters. The first-order valence-electron chi connectivity index (χ1n) is 13.5. The van der Waals surface area contributed by atoms with Crippen molar-refractivity contribution in [1.82, 2.24) is 4.90 Å². The second-order valence-electron chi connectivity index (χ2n) is 10.2. The lowest BCUT2D eigenvalue weighted by molar-refractivity contribution is -0.134. The Bertz CT molecular complexity index is 1080. The van der Waals surface area contributed by atoms with E-state index < -0.39 is 23.4 Å². The van der Waals surface area contributed by atoms with E-state index in [1.165, 1.54) is 28.8 Å². The number of fused-ring (bicyclic) bond motifs is 1. The summed E-state index contributed by atoms with van der Waals surface area (Å²) in [6, 6.07) is 12.3. The molecule has 0 amide bonds. The number of nitrogens with zero attached hydrogens (tertiary/aromatic N) is 1. The Morgan fingerprint density at radius 3 is 2.37 bits per heavy atom. The molecule has 0 saturated carbocycles. The number of halogens is 4. The minimum absolute atomic E-state index is 0.0725. The summed E-state index contributed by atoms with van der Waals surface area (Å²) in [6.07, 6.45) is 2.37. The van der Waals surface area contributed by atoms with E-state index in [9.17, 15) is 26.9 Å². The third-order valence-electron chi connectivity index (χ3n) is 7.05. The van der Waals surface area contributed by atoms with Crippen molar-refractivity contribution >= 4 is 21.9 Å². The van der Waals surface area contributed by atoms with E-state index in [-0.39, 0.29) is 23.7 Å². The predicted octanol–water partition coefficient (Wildman–Crippen LogP) is 7.75. The third-order valence-corrected chi connectivity index (χ3v) is 8.54. The third kappa shape index (κ3) is 10.2. The molecule has 0 spiro atoms. The van der Waals surface area contributed by atoms with Crippen molar-refractivity contribution in [1.29, 1.82) is 0 Å². The topological polar surface area (TPSA) is 40.5 Å². The SMILES string of the molecule is CN(CCCCCC1=C(c2ccc(F)cc2)CCCc2cc(O)ccc21)CCCS(=O)CCCC(F)(F)F. The maximum absolute atomic E-state index is 13.6. The van der Waals surface area contributed by atoms with Gasteiger partial charge in [-0.2, -0.15) is 13.2 Å². The van der Waals surface area contributed by atoms with Crippen LogP contribution in [0.3, 0.4) is 0 Å². The van der Waals surface area contributed by atoms with Crippen molar-refractivity contribution in [3.8, 4) is 5.75 Å². The first kappa shape index (κ1) is 30.4. The van der Waals surface area contributed by atoms with Crippen LogP contribution >= 0.6 is 0 Å². The van der Waals surface area contributed by atoms with Crippen LogP contribution in [0.4, 0.5) is 17.6 Å². The molecule has 38 heavy (non-hydrogen) atoms. The van der Waals surface area contributed by atoms with Gasteiger partial charge in [0.25, 0.3) is 0 Å². The molecular weight excluding hydrogens is 514 g/mol. The predicted molar refractivity (Wildman–Crippen MR) is 148 cm³/mol. The van der Waals surface area contributed by atoms with E-state index in [4.69, 9.17) is 0 Å². The van der Waals surface area contributed by atoms with Gasteiger partial charge in [0.1, 0.15) is 11.6 Å². The lowest BCUT2D eigenvalue weighted by Gasteiger charge is -2.18. The zero-order valence-electron chi connectivity index (χ0n) is 22.2. The molecule has 0 aliphatic heterocycles. The summed E-state index contributed by atoms with van der Waals surface area (Å²) in [5.41, 5.74) is 5.94. The molecule has 0 saturated heterocycles. The largest absolute Gasteiger partial charge is 0.508 e. The van der Waals surface area contributed by atoms with Crippen LogP contribution in [0.2, 0.25) is 0 Å². The van der Waals surface area contributed by atoms with Gasteiger partial charge in [0.2, 0.25) is 0 Å². The van der Waals surface area contributed by atoms with Crippen LogP contribution in [0, 0.1) is 5.82 Å². The van der Waals surface area contributed by atoms with Gasteiger partial charge >= 0.3 is 6.18 Å². The van der Waals surface area contributed by atoms with Gasteiger partial charge in [0.05, 0.1) is 0 Å². The average Bonchev–Trinajstić information content (AvgIpc) is 3.02. The number of unbranched alkanes of at least 4 members (excludes halogenated alkanes) is 2. The molecule has 8 heteroatoms. The Hall–Kier alpha value is -2.19. The summed E-state index contributed by atoms with van der Waals surface area (Å²) in [5, 5.41) is 10.0. The summed E-state index contributed by atoms with van der Waals surface area (Å²) in [4.78, 5) is 2.19. The van der Waals surface area contributed by atoms with Gasteiger partial charge in [-0.15, -0.1) is 0 Å². The van der Waals surface area contributed by atoms with Gasteiger partial charge in [-0.1, -0.05) is 24.6 Å². The van der Waals surface area contributed by atoms with E-state index in [0.717, 1.165) is 69.2 Å². The quantitative estimate of drug-likeness (QED) is 0.192. The molecule has 1 N–H and O–H groups in total. The Labute approximate surface area is 226 Å². The monoisotopic (exact) mass is 553 g/mol. The fraction of sp³-hybridized carbons (Fsp3) is 0.533. The maximum Gasteiger partial charge on any atom is 0.389 e. The number of aromatic hydroxyl groups is 1. The zero-order chi connectivity index (χ0) is 27.5. The Balaban J connectivity index is 1.48. The van der Waals surface area contributed by atoms with Gasteiger partial charge in [-0.25, -0.2) is 4.39 Å². The smallest absolute Gasteiger partial charge is 0.389 e. The second kappa shape index (κ2) is 14.8. The summed E-state index contributed by atoms with van der Waals surface area (Å²) in [6.45, 7) is 1.69. The van der Waals surface area contributed by atoms with Gasteiger partial charge in [0.15, 0.2) is 0 Å². The van der Waals surface area contributed by atoms with Crippen LogP contribution in [0.15, 0.2) is 42.5 Å². The minimum Gasteiger partial charge on any atom is -0.508 e. The highest BCUT2D eigenvalue weighted by molar-refractivity contribution is 7.84. The molecule has 1 atom stereocenters. The maximum atomic E-state index is 13.6. The lowest BCUT2D eigenvalue weighted by Crippen LogP contribution is -2.22. The van der Waals surface area contributed by atoms with Crippen LogP contribution in [0.25, 0.3) is 11.1 Å². The molecule has 1 aliphatic carbocycles. The van der Waals surface area contributed by atoms with Gasteiger partial charge < -0.3 is 10.0 Å². The standard InChI is InChI=1S/C30H39F4NO2S/c1-35(19-7-21-38(37)20-6-17-30(32,33)34)18-4-2-3-9-29-27(23-11-13-25(31)14-12-23)10-5-8-24-22-26(36)15-16-28(24)29/h11-16,22,36H,2-10,17-21H2,1H3. The van der Waals surface area contributed by atoms with E-state index in [1.807, 2.05) is 31.3 Å². The van der Waals surface area contributed by atoms with Crippen molar-refractivity contribution < 1.29 is 26.9 Å². The highest BCUT2D eigenvalue weighted by atomic mass is 32.2. The van der Waals surface area contributed by atoms with Crippen molar-refractivity contribution in [3.63, 3.8) is 0 Å². The van der Waals surface area contributed by atoms with Crippen LogP contribution < -0.4 is 0 Å². The molecule has 210 valence electrons. The van der Waals surface area contributed by atoms with Crippen molar-refractivity contribution in [2.75, 3.05) is 31.6 Å². The zero-order valence-corrected chi connectivity index (χ0v) is 23.0. The van der Waals surface area contributed by atoms with E-state index in [2.05, 4.69) is 4.90 Å². The molecule has 0 bridgehead atoms. The summed E-state index contributed by atoms with van der Waals surface area (Å²) < 4.78 is 62.2. The normalized spacial score (nSPS) is 15.0. The molecule has 2 aromatic carbocycles. The number of rotatable bonds is 14. The number of allylic oxidation sites excluding steroid dienone is 2. The Morgan fingerprint density at radius 2 is 1.63 bits per heavy atom. The van der Waals surface area contributed by atoms with Crippen LogP contribution in [0.5, 0.6) is 5.75 Å². The number of benzene rings is 2. The molecular formula is C30H39F4NO2S. The van der Waals surface area contributed by atoms with Gasteiger partial charge in [0, 0.05) is 28.7 Å². The summed E-state index contributed by atoms with van der Waals surface area (Å²) >= 11 is 0. The van der Waals surface area contributed by atoms with E-state index >= 15 is 0 Å². The fourth-order valence-electron chi connectivity index (χ4n) is 5.11. The molecule has 1 aliphatic rings. The molecule has 0 radical (unpaired) electrons. The van der Waals surface area contributed by atoms with Crippen molar-refractivity contribution in [2.24, 2.45) is 0 Å². The Kier molecular flexibility index (Phi) is 11.8. The molecule has 3 nitrogen and oxygen atoms in total. The fourth-order valence-corrected chi connectivity index (χ4v) is 6.23. The molecule has 0 heterocycles. The van der Waals surface area contributed by atoms with Crippen LogP contribution in [-0.4, -0.2) is 52.0 Å². The first-order valence-corrected chi connectivity index (χ1v) is 15.0. The van der Waals surface area contributed by atoms with Gasteiger partial charge in [-0.3, -0.25) is 4.21 Å². The number of aryl methyl sites for hydroxylation is 1. The van der Waals surface area contributed by atoms with Crippen LogP contribution in [0.1, 0.15) is 74.5 Å². The Morgan fingerprint density at radius 1 is 0.921 bits per heavy atom. The molecule has 3 rings (SSSR count). The average molecular weight is 554 g/mol. The molecule has 0 fully saturated rings. The first-order chi connectivity index (χ1) is 18.1. The van der Waals surface area contributed by atoms with Crippen molar-refractivity contribution in [3.05, 3.63) is 65.0 Å². The van der Waals surface area contributed by atoms with Crippen molar-refractivity contribution in [2.45, 2.75) is 70.4 Å². The molecule has 0 aromatic heterocycles. The number of phenolic OH excluding ortho intramolecular Hbond substituents is 1. The number of alkyl halides is 3.